The van der Waals surface area contributed by atoms with Crippen molar-refractivity contribution in [3.8, 4) is 0 Å². The van der Waals surface area contributed by atoms with E-state index < -0.39 is 0 Å². The van der Waals surface area contributed by atoms with E-state index in [-0.39, 0.29) is 0 Å². The van der Waals surface area contributed by atoms with Gasteiger partial charge in [-0.3, -0.25) is 0 Å². The van der Waals surface area contributed by atoms with Crippen LogP contribution < -0.4 is 10.6 Å². The summed E-state index contributed by atoms with van der Waals surface area (Å²) >= 11 is 0. The molecule has 2 aromatic rings. The number of anilines is 3. The van der Waals surface area contributed by atoms with Crippen LogP contribution >= 0.6 is 0 Å². The monoisotopic (exact) mass is 282 g/mol. The Morgan fingerprint density at radius 2 is 1.48 bits per heavy atom. The largest absolute Gasteiger partial charge is 0.383 e. The first-order valence-electron chi connectivity index (χ1n) is 7.74. The molecule has 0 radical (unpaired) electrons. The van der Waals surface area contributed by atoms with Crippen molar-refractivity contribution in [2.24, 2.45) is 5.92 Å². The van der Waals surface area contributed by atoms with Crippen LogP contribution in [-0.2, 0) is 0 Å². The molecule has 2 N–H and O–H groups in total. The first kappa shape index (κ1) is 15.4. The average Bonchev–Trinajstić information content (AvgIpc) is 2.42. The van der Waals surface area contributed by atoms with Gasteiger partial charge >= 0.3 is 0 Å². The van der Waals surface area contributed by atoms with Crippen molar-refractivity contribution in [3.05, 3.63) is 54.1 Å². The van der Waals surface area contributed by atoms with E-state index in [1.807, 2.05) is 0 Å². The smallest absolute Gasteiger partial charge is 0.0413 e. The van der Waals surface area contributed by atoms with E-state index in [2.05, 4.69) is 86.9 Å². The molecule has 0 aromatic heterocycles. The molecule has 2 aromatic carbocycles. The van der Waals surface area contributed by atoms with Crippen LogP contribution in [0.25, 0.3) is 0 Å². The number of para-hydroxylation sites is 1. The van der Waals surface area contributed by atoms with Gasteiger partial charge in [-0.15, -0.1) is 0 Å². The van der Waals surface area contributed by atoms with Gasteiger partial charge in [0.2, 0.25) is 0 Å². The molecule has 0 spiro atoms. The molecule has 0 aliphatic heterocycles. The second-order valence-electron chi connectivity index (χ2n) is 6.19. The van der Waals surface area contributed by atoms with Gasteiger partial charge in [-0.05, 0) is 62.1 Å². The highest BCUT2D eigenvalue weighted by Crippen LogP contribution is 2.22. The fraction of sp³-hybridized carbons (Fsp3) is 0.368. The normalized spacial score (nSPS) is 12.2. The third-order valence-corrected chi connectivity index (χ3v) is 3.55. The zero-order valence-corrected chi connectivity index (χ0v) is 13.5. The fourth-order valence-electron chi connectivity index (χ4n) is 2.57. The Morgan fingerprint density at radius 3 is 2.10 bits per heavy atom. The van der Waals surface area contributed by atoms with Crippen LogP contribution in [0.15, 0.2) is 48.5 Å². The summed E-state index contributed by atoms with van der Waals surface area (Å²) in [6.07, 6.45) is 1.18. The predicted molar refractivity (Wildman–Crippen MR) is 93.4 cm³/mol. The number of hydrogen-bond acceptors (Lipinski definition) is 2. The maximum atomic E-state index is 3.55. The van der Waals surface area contributed by atoms with E-state index in [0.717, 1.165) is 17.3 Å². The third-order valence-electron chi connectivity index (χ3n) is 3.55. The number of rotatable bonds is 6. The fourth-order valence-corrected chi connectivity index (χ4v) is 2.57. The Hall–Kier alpha value is -1.96. The van der Waals surface area contributed by atoms with Gasteiger partial charge in [-0.1, -0.05) is 32.0 Å². The highest BCUT2D eigenvalue weighted by Gasteiger charge is 2.05. The number of aryl methyl sites for hydroxylation is 1. The third kappa shape index (κ3) is 4.82. The minimum Gasteiger partial charge on any atom is -0.383 e. The second-order valence-corrected chi connectivity index (χ2v) is 6.19. The topological polar surface area (TPSA) is 24.1 Å². The van der Waals surface area contributed by atoms with Crippen LogP contribution in [0.4, 0.5) is 17.1 Å². The lowest BCUT2D eigenvalue weighted by Gasteiger charge is -2.17. The summed E-state index contributed by atoms with van der Waals surface area (Å²) in [6.45, 7) is 8.87. The van der Waals surface area contributed by atoms with Gasteiger partial charge in [-0.2, -0.15) is 0 Å². The molecular weight excluding hydrogens is 256 g/mol. The highest BCUT2D eigenvalue weighted by molar-refractivity contribution is 5.64. The molecule has 2 nitrogen and oxygen atoms in total. The van der Waals surface area contributed by atoms with Crippen molar-refractivity contribution in [3.63, 3.8) is 0 Å². The summed E-state index contributed by atoms with van der Waals surface area (Å²) in [6, 6.07) is 17.4. The molecule has 1 atom stereocenters. The molecule has 1 unspecified atom stereocenters. The van der Waals surface area contributed by atoms with E-state index >= 15 is 0 Å². The van der Waals surface area contributed by atoms with Crippen LogP contribution in [0, 0.1) is 12.8 Å². The standard InChI is InChI=1S/C19H26N2/c1-14(2)13-16(4)20-17-9-11-18(12-10-17)21-19-8-6-5-7-15(19)3/h5-12,14,16,20-21H,13H2,1-4H3. The molecule has 0 saturated heterocycles. The van der Waals surface area contributed by atoms with Crippen molar-refractivity contribution in [1.82, 2.24) is 0 Å². The van der Waals surface area contributed by atoms with Crippen LogP contribution in [0.3, 0.4) is 0 Å². The lowest BCUT2D eigenvalue weighted by atomic mass is 10.1. The van der Waals surface area contributed by atoms with Crippen LogP contribution in [-0.4, -0.2) is 6.04 Å². The minimum atomic E-state index is 0.500. The summed E-state index contributed by atoms with van der Waals surface area (Å²) in [7, 11) is 0. The molecule has 0 bridgehead atoms. The van der Waals surface area contributed by atoms with Crippen molar-refractivity contribution in [2.75, 3.05) is 10.6 Å². The second kappa shape index (κ2) is 7.16. The van der Waals surface area contributed by atoms with Crippen molar-refractivity contribution in [1.29, 1.82) is 0 Å². The Balaban J connectivity index is 1.97. The van der Waals surface area contributed by atoms with E-state index in [4.69, 9.17) is 0 Å². The summed E-state index contributed by atoms with van der Waals surface area (Å²) in [5.41, 5.74) is 4.71. The number of nitrogens with one attached hydrogen (secondary N) is 2. The molecule has 0 heterocycles. The Kier molecular flexibility index (Phi) is 5.26. The van der Waals surface area contributed by atoms with Crippen molar-refractivity contribution >= 4 is 17.1 Å². The lowest BCUT2D eigenvalue weighted by molar-refractivity contribution is 0.540. The molecule has 0 saturated carbocycles. The first-order valence-corrected chi connectivity index (χ1v) is 7.74. The maximum absolute atomic E-state index is 3.55. The van der Waals surface area contributed by atoms with E-state index in [0.29, 0.717) is 6.04 Å². The van der Waals surface area contributed by atoms with Gasteiger partial charge in [0.25, 0.3) is 0 Å². The summed E-state index contributed by atoms with van der Waals surface area (Å²) in [5.74, 6) is 0.717. The zero-order chi connectivity index (χ0) is 15.2. The molecular formula is C19H26N2. The van der Waals surface area contributed by atoms with Crippen LogP contribution in [0.2, 0.25) is 0 Å². The highest BCUT2D eigenvalue weighted by atomic mass is 14.9. The quantitative estimate of drug-likeness (QED) is 0.722. The van der Waals surface area contributed by atoms with Gasteiger partial charge in [0.1, 0.15) is 0 Å². The van der Waals surface area contributed by atoms with Crippen molar-refractivity contribution in [2.45, 2.75) is 40.2 Å². The SMILES string of the molecule is Cc1ccccc1Nc1ccc(NC(C)CC(C)C)cc1. The number of hydrogen-bond donors (Lipinski definition) is 2. The Morgan fingerprint density at radius 1 is 0.857 bits per heavy atom. The van der Waals surface area contributed by atoms with Gasteiger partial charge in [0.15, 0.2) is 0 Å². The van der Waals surface area contributed by atoms with E-state index in [9.17, 15) is 0 Å². The lowest BCUT2D eigenvalue weighted by Crippen LogP contribution is -2.17. The van der Waals surface area contributed by atoms with Crippen LogP contribution in [0.5, 0.6) is 0 Å². The van der Waals surface area contributed by atoms with Gasteiger partial charge in [0, 0.05) is 23.1 Å². The zero-order valence-electron chi connectivity index (χ0n) is 13.5. The minimum absolute atomic E-state index is 0.500. The van der Waals surface area contributed by atoms with Crippen LogP contribution in [0.1, 0.15) is 32.8 Å². The van der Waals surface area contributed by atoms with E-state index in [1.54, 1.807) is 0 Å². The molecule has 21 heavy (non-hydrogen) atoms. The Bertz CT molecular complexity index is 558. The summed E-state index contributed by atoms with van der Waals surface area (Å²) < 4.78 is 0. The summed E-state index contributed by atoms with van der Waals surface area (Å²) in [5, 5.41) is 7.01. The van der Waals surface area contributed by atoms with Gasteiger partial charge < -0.3 is 10.6 Å². The average molecular weight is 282 g/mol. The first-order chi connectivity index (χ1) is 10.0. The molecule has 0 fully saturated rings. The molecule has 0 amide bonds. The maximum Gasteiger partial charge on any atom is 0.0413 e. The molecule has 2 rings (SSSR count). The molecule has 112 valence electrons. The predicted octanol–water partition coefficient (Wildman–Crippen LogP) is 5.59. The van der Waals surface area contributed by atoms with Gasteiger partial charge in [-0.25, -0.2) is 0 Å². The van der Waals surface area contributed by atoms with E-state index in [1.165, 1.54) is 17.7 Å². The molecule has 2 heteroatoms. The molecule has 0 aliphatic carbocycles. The summed E-state index contributed by atoms with van der Waals surface area (Å²) in [4.78, 5) is 0. The Labute approximate surface area is 128 Å². The number of benzene rings is 2. The van der Waals surface area contributed by atoms with Crippen molar-refractivity contribution < 1.29 is 0 Å². The van der Waals surface area contributed by atoms with Gasteiger partial charge in [0.05, 0.1) is 0 Å². The molecule has 0 aliphatic rings.